The van der Waals surface area contributed by atoms with Gasteiger partial charge in [0, 0.05) is 12.8 Å². The lowest BCUT2D eigenvalue weighted by molar-refractivity contribution is -0.161. The molecule has 0 saturated carbocycles. The van der Waals surface area contributed by atoms with Gasteiger partial charge in [0.1, 0.15) is 17.1 Å². The smallest absolute Gasteiger partial charge is 0.341 e. The second-order valence-electron chi connectivity index (χ2n) is 6.86. The summed E-state index contributed by atoms with van der Waals surface area (Å²) in [6.45, 7) is 6.72. The van der Waals surface area contributed by atoms with Crippen molar-refractivity contribution in [2.75, 3.05) is 6.61 Å². The van der Waals surface area contributed by atoms with Crippen LogP contribution in [-0.4, -0.2) is 35.0 Å². The Morgan fingerprint density at radius 3 is 2.20 bits per heavy atom. The number of carbonyl (C=O) groups is 3. The minimum atomic E-state index is -1.05. The van der Waals surface area contributed by atoms with Crippen LogP contribution in [0.15, 0.2) is 24.3 Å². The zero-order valence-electron chi connectivity index (χ0n) is 15.2. The van der Waals surface area contributed by atoms with Gasteiger partial charge < -0.3 is 14.6 Å². The standard InChI is InChI=1S/C19H26O6/c1-5-15(20)11-14(18(23)25-19(2,3)4)10-13-6-8-16(9-7-13)24-12-17(21)22/h6-9,14H,5,10-12H2,1-4H3,(H,21,22)/t14-/m1/s1. The van der Waals surface area contributed by atoms with E-state index in [4.69, 9.17) is 14.6 Å². The quantitative estimate of drug-likeness (QED) is 0.689. The normalized spacial score (nSPS) is 12.3. The molecule has 6 heteroatoms. The number of benzene rings is 1. The fourth-order valence-corrected chi connectivity index (χ4v) is 2.19. The first-order valence-electron chi connectivity index (χ1n) is 8.28. The summed E-state index contributed by atoms with van der Waals surface area (Å²) in [6.07, 6.45) is 0.893. The molecule has 0 aliphatic rings. The summed E-state index contributed by atoms with van der Waals surface area (Å²) < 4.78 is 10.5. The van der Waals surface area contributed by atoms with E-state index in [0.29, 0.717) is 18.6 Å². The number of carboxylic acid groups (broad SMARTS) is 1. The molecule has 25 heavy (non-hydrogen) atoms. The molecule has 0 amide bonds. The molecular formula is C19H26O6. The van der Waals surface area contributed by atoms with E-state index < -0.39 is 24.1 Å². The first-order valence-corrected chi connectivity index (χ1v) is 8.28. The molecular weight excluding hydrogens is 324 g/mol. The van der Waals surface area contributed by atoms with Gasteiger partial charge in [0.25, 0.3) is 0 Å². The number of hydrogen-bond acceptors (Lipinski definition) is 5. The molecule has 0 aromatic heterocycles. The summed E-state index contributed by atoms with van der Waals surface area (Å²) in [7, 11) is 0. The number of aliphatic carboxylic acids is 1. The fourth-order valence-electron chi connectivity index (χ4n) is 2.19. The number of carbonyl (C=O) groups excluding carboxylic acids is 2. The number of rotatable bonds is 9. The lowest BCUT2D eigenvalue weighted by atomic mass is 9.93. The van der Waals surface area contributed by atoms with Crippen molar-refractivity contribution in [3.8, 4) is 5.75 Å². The van der Waals surface area contributed by atoms with Gasteiger partial charge in [-0.05, 0) is 44.9 Å². The van der Waals surface area contributed by atoms with Crippen LogP contribution in [0.1, 0.15) is 46.1 Å². The van der Waals surface area contributed by atoms with Crippen molar-refractivity contribution in [3.63, 3.8) is 0 Å². The van der Waals surface area contributed by atoms with Crippen LogP contribution in [0.2, 0.25) is 0 Å². The second kappa shape index (κ2) is 9.20. The monoisotopic (exact) mass is 350 g/mol. The molecule has 1 aromatic carbocycles. The van der Waals surface area contributed by atoms with Crippen LogP contribution < -0.4 is 4.74 Å². The van der Waals surface area contributed by atoms with Crippen LogP contribution >= 0.6 is 0 Å². The van der Waals surface area contributed by atoms with Crippen molar-refractivity contribution < 1.29 is 29.0 Å². The minimum Gasteiger partial charge on any atom is -0.482 e. The van der Waals surface area contributed by atoms with Crippen LogP contribution in [0, 0.1) is 5.92 Å². The van der Waals surface area contributed by atoms with E-state index in [1.54, 1.807) is 52.0 Å². The Morgan fingerprint density at radius 2 is 1.72 bits per heavy atom. The average Bonchev–Trinajstić information content (AvgIpc) is 2.51. The summed E-state index contributed by atoms with van der Waals surface area (Å²) in [5.41, 5.74) is 0.237. The fraction of sp³-hybridized carbons (Fsp3) is 0.526. The third kappa shape index (κ3) is 8.33. The number of hydrogen-bond donors (Lipinski definition) is 1. The second-order valence-corrected chi connectivity index (χ2v) is 6.86. The maximum absolute atomic E-state index is 12.4. The molecule has 0 aliphatic heterocycles. The predicted octanol–water partition coefficient (Wildman–Crippen LogP) is 3.02. The van der Waals surface area contributed by atoms with E-state index in [0.717, 1.165) is 5.56 Å². The van der Waals surface area contributed by atoms with E-state index in [-0.39, 0.29) is 18.2 Å². The van der Waals surface area contributed by atoms with E-state index in [1.165, 1.54) is 0 Å². The number of ether oxygens (including phenoxy) is 2. The summed E-state index contributed by atoms with van der Waals surface area (Å²) in [6, 6.07) is 6.80. The van der Waals surface area contributed by atoms with E-state index in [2.05, 4.69) is 0 Å². The van der Waals surface area contributed by atoms with Gasteiger partial charge in [-0.25, -0.2) is 4.79 Å². The molecule has 138 valence electrons. The summed E-state index contributed by atoms with van der Waals surface area (Å²) in [5.74, 6) is -1.54. The Labute approximate surface area is 148 Å². The molecule has 0 unspecified atom stereocenters. The van der Waals surface area contributed by atoms with E-state index in [1.807, 2.05) is 0 Å². The first kappa shape index (κ1) is 20.7. The highest BCUT2D eigenvalue weighted by molar-refractivity contribution is 5.84. The maximum atomic E-state index is 12.4. The first-order chi connectivity index (χ1) is 11.6. The van der Waals surface area contributed by atoms with Gasteiger partial charge >= 0.3 is 11.9 Å². The number of carboxylic acids is 1. The van der Waals surface area contributed by atoms with Crippen molar-refractivity contribution in [2.45, 2.75) is 52.6 Å². The zero-order chi connectivity index (χ0) is 19.0. The molecule has 0 saturated heterocycles. The van der Waals surface area contributed by atoms with Crippen LogP contribution in [0.5, 0.6) is 5.75 Å². The van der Waals surface area contributed by atoms with Gasteiger partial charge in [-0.2, -0.15) is 0 Å². The van der Waals surface area contributed by atoms with Gasteiger partial charge in [-0.15, -0.1) is 0 Å². The SMILES string of the molecule is CCC(=O)C[C@@H](Cc1ccc(OCC(=O)O)cc1)C(=O)OC(C)(C)C. The van der Waals surface area contributed by atoms with Gasteiger partial charge in [-0.1, -0.05) is 19.1 Å². The molecule has 0 radical (unpaired) electrons. The van der Waals surface area contributed by atoms with Crippen LogP contribution in [0.25, 0.3) is 0 Å². The molecule has 0 fully saturated rings. The third-order valence-electron chi connectivity index (χ3n) is 3.38. The lowest BCUT2D eigenvalue weighted by Gasteiger charge is -2.24. The van der Waals surface area contributed by atoms with Crippen molar-refractivity contribution >= 4 is 17.7 Å². The molecule has 0 heterocycles. The predicted molar refractivity (Wildman–Crippen MR) is 92.5 cm³/mol. The van der Waals surface area contributed by atoms with Crippen LogP contribution in [-0.2, 0) is 25.5 Å². The topological polar surface area (TPSA) is 89.9 Å². The van der Waals surface area contributed by atoms with Crippen molar-refractivity contribution in [1.29, 1.82) is 0 Å². The summed E-state index contributed by atoms with van der Waals surface area (Å²) in [4.78, 5) is 34.7. The van der Waals surface area contributed by atoms with Gasteiger partial charge in [-0.3, -0.25) is 9.59 Å². The Morgan fingerprint density at radius 1 is 1.12 bits per heavy atom. The lowest BCUT2D eigenvalue weighted by Crippen LogP contribution is -2.31. The number of ketones is 1. The molecule has 1 N–H and O–H groups in total. The summed E-state index contributed by atoms with van der Waals surface area (Å²) >= 11 is 0. The van der Waals surface area contributed by atoms with Gasteiger partial charge in [0.2, 0.25) is 0 Å². The minimum absolute atomic E-state index is 0.0114. The van der Waals surface area contributed by atoms with Crippen molar-refractivity contribution in [3.05, 3.63) is 29.8 Å². The number of Topliss-reactive ketones (excluding diaryl/α,β-unsaturated/α-hetero) is 1. The Hall–Kier alpha value is -2.37. The maximum Gasteiger partial charge on any atom is 0.341 e. The molecule has 0 aliphatic carbocycles. The highest BCUT2D eigenvalue weighted by Gasteiger charge is 2.27. The van der Waals surface area contributed by atoms with Crippen molar-refractivity contribution in [2.24, 2.45) is 5.92 Å². The average molecular weight is 350 g/mol. The Bertz CT molecular complexity index is 597. The third-order valence-corrected chi connectivity index (χ3v) is 3.38. The number of esters is 1. The molecule has 1 rings (SSSR count). The largest absolute Gasteiger partial charge is 0.482 e. The van der Waals surface area contributed by atoms with E-state index in [9.17, 15) is 14.4 Å². The molecule has 0 bridgehead atoms. The van der Waals surface area contributed by atoms with E-state index >= 15 is 0 Å². The molecule has 6 nitrogen and oxygen atoms in total. The Balaban J connectivity index is 2.80. The van der Waals surface area contributed by atoms with Gasteiger partial charge in [0.05, 0.1) is 5.92 Å². The van der Waals surface area contributed by atoms with Crippen LogP contribution in [0.3, 0.4) is 0 Å². The molecule has 1 aromatic rings. The molecule has 0 spiro atoms. The zero-order valence-corrected chi connectivity index (χ0v) is 15.2. The van der Waals surface area contributed by atoms with Gasteiger partial charge in [0.15, 0.2) is 6.61 Å². The molecule has 1 atom stereocenters. The van der Waals surface area contributed by atoms with Crippen molar-refractivity contribution in [1.82, 2.24) is 0 Å². The Kier molecular flexibility index (Phi) is 7.61. The van der Waals surface area contributed by atoms with Crippen LogP contribution in [0.4, 0.5) is 0 Å². The highest BCUT2D eigenvalue weighted by atomic mass is 16.6. The highest BCUT2D eigenvalue weighted by Crippen LogP contribution is 2.21. The summed E-state index contributed by atoms with van der Waals surface area (Å²) in [5, 5.41) is 8.60.